The van der Waals surface area contributed by atoms with Crippen LogP contribution in [0.25, 0.3) is 22.0 Å². The van der Waals surface area contributed by atoms with Crippen molar-refractivity contribution in [2.45, 2.75) is 32.9 Å². The molecule has 0 radical (unpaired) electrons. The first-order valence-electron chi connectivity index (χ1n) is 10.3. The van der Waals surface area contributed by atoms with Gasteiger partial charge in [-0.15, -0.1) is 6.58 Å². The van der Waals surface area contributed by atoms with Crippen LogP contribution in [0.15, 0.2) is 67.8 Å². The van der Waals surface area contributed by atoms with Crippen LogP contribution in [0, 0.1) is 0 Å². The molecule has 3 heterocycles. The minimum Gasteiger partial charge on any atom is -0.382 e. The zero-order valence-corrected chi connectivity index (χ0v) is 20.2. The van der Waals surface area contributed by atoms with Crippen LogP contribution < -0.4 is 5.32 Å². The number of hydrogen-bond acceptors (Lipinski definition) is 6. The summed E-state index contributed by atoms with van der Waals surface area (Å²) in [6, 6.07) is 9.41. The van der Waals surface area contributed by atoms with E-state index in [-0.39, 0.29) is 0 Å². The standard InChI is InChI=1S/C22H19Cl2N5O.C3H6/c1-22(2,30)21-28-9-14(10-29-21)13-3-4-19-17(7-13)20(18(24)12-26-19)27-11-16-8-15(23)5-6-25-16;1-3-2/h3-10,12,30H,11H2,1-2H3,(H,26,27);3H,1H2,2H3. The lowest BCUT2D eigenvalue weighted by molar-refractivity contribution is 0.0687. The number of nitrogens with zero attached hydrogens (tertiary/aromatic N) is 4. The third-order valence-corrected chi connectivity index (χ3v) is 5.10. The smallest absolute Gasteiger partial charge is 0.159 e. The van der Waals surface area contributed by atoms with Gasteiger partial charge in [-0.1, -0.05) is 35.3 Å². The molecule has 0 saturated heterocycles. The number of anilines is 1. The van der Waals surface area contributed by atoms with Crippen molar-refractivity contribution in [3.63, 3.8) is 0 Å². The Kier molecular flexibility index (Phi) is 7.97. The van der Waals surface area contributed by atoms with Gasteiger partial charge in [-0.05, 0) is 50.6 Å². The van der Waals surface area contributed by atoms with Crippen LogP contribution in [-0.2, 0) is 12.1 Å². The monoisotopic (exact) mass is 481 g/mol. The molecule has 4 rings (SSSR count). The molecule has 0 amide bonds. The number of aliphatic hydroxyl groups is 1. The highest BCUT2D eigenvalue weighted by Crippen LogP contribution is 2.33. The third kappa shape index (κ3) is 6.26. The topological polar surface area (TPSA) is 83.8 Å². The van der Waals surface area contributed by atoms with Gasteiger partial charge in [0.2, 0.25) is 0 Å². The predicted octanol–water partition coefficient (Wildman–Crippen LogP) is 6.43. The van der Waals surface area contributed by atoms with Gasteiger partial charge < -0.3 is 10.4 Å². The lowest BCUT2D eigenvalue weighted by Gasteiger charge is -2.15. The normalized spacial score (nSPS) is 11.0. The summed E-state index contributed by atoms with van der Waals surface area (Å²) in [4.78, 5) is 17.3. The van der Waals surface area contributed by atoms with Crippen LogP contribution in [0.1, 0.15) is 32.3 Å². The second-order valence-electron chi connectivity index (χ2n) is 7.79. The van der Waals surface area contributed by atoms with Gasteiger partial charge in [0.15, 0.2) is 5.82 Å². The van der Waals surface area contributed by atoms with Crippen molar-refractivity contribution in [2.24, 2.45) is 0 Å². The number of benzene rings is 1. The number of hydrogen-bond donors (Lipinski definition) is 2. The van der Waals surface area contributed by atoms with Gasteiger partial charge in [-0.2, -0.15) is 0 Å². The molecule has 33 heavy (non-hydrogen) atoms. The van der Waals surface area contributed by atoms with Crippen LogP contribution in [0.4, 0.5) is 5.69 Å². The number of aromatic nitrogens is 4. The van der Waals surface area contributed by atoms with Crippen molar-refractivity contribution in [3.05, 3.63) is 89.3 Å². The summed E-state index contributed by atoms with van der Waals surface area (Å²) >= 11 is 12.5. The molecule has 2 N–H and O–H groups in total. The molecule has 170 valence electrons. The highest BCUT2D eigenvalue weighted by atomic mass is 35.5. The largest absolute Gasteiger partial charge is 0.382 e. The molecule has 0 aliphatic rings. The van der Waals surface area contributed by atoms with Crippen LogP contribution in [-0.4, -0.2) is 25.0 Å². The number of nitrogens with one attached hydrogen (secondary N) is 1. The van der Waals surface area contributed by atoms with Gasteiger partial charge >= 0.3 is 0 Å². The molecule has 3 aromatic heterocycles. The lowest BCUT2D eigenvalue weighted by Crippen LogP contribution is -2.19. The Hall–Kier alpha value is -3.06. The molecule has 0 aliphatic heterocycles. The fraction of sp³-hybridized carbons (Fsp3) is 0.200. The Morgan fingerprint density at radius 1 is 1.00 bits per heavy atom. The third-order valence-electron chi connectivity index (χ3n) is 4.58. The molecule has 0 saturated carbocycles. The van der Waals surface area contributed by atoms with Crippen molar-refractivity contribution in [2.75, 3.05) is 5.32 Å². The Morgan fingerprint density at radius 2 is 1.70 bits per heavy atom. The average molecular weight is 482 g/mol. The van der Waals surface area contributed by atoms with E-state index in [4.69, 9.17) is 23.2 Å². The van der Waals surface area contributed by atoms with Crippen molar-refractivity contribution < 1.29 is 5.11 Å². The highest BCUT2D eigenvalue weighted by molar-refractivity contribution is 6.34. The highest BCUT2D eigenvalue weighted by Gasteiger charge is 2.19. The predicted molar refractivity (Wildman–Crippen MR) is 135 cm³/mol. The van der Waals surface area contributed by atoms with Gasteiger partial charge in [-0.25, -0.2) is 9.97 Å². The van der Waals surface area contributed by atoms with E-state index in [1.54, 1.807) is 56.8 Å². The van der Waals surface area contributed by atoms with E-state index < -0.39 is 5.60 Å². The van der Waals surface area contributed by atoms with Crippen molar-refractivity contribution in [1.29, 1.82) is 0 Å². The minimum absolute atomic E-state index is 0.369. The molecule has 6 nitrogen and oxygen atoms in total. The number of halogens is 2. The Bertz CT molecular complexity index is 1250. The number of pyridine rings is 2. The maximum absolute atomic E-state index is 10.1. The second kappa shape index (κ2) is 10.7. The summed E-state index contributed by atoms with van der Waals surface area (Å²) < 4.78 is 0. The maximum Gasteiger partial charge on any atom is 0.159 e. The van der Waals surface area contributed by atoms with Gasteiger partial charge in [0.05, 0.1) is 28.5 Å². The molecule has 4 aromatic rings. The summed E-state index contributed by atoms with van der Waals surface area (Å²) in [7, 11) is 0. The van der Waals surface area contributed by atoms with E-state index in [1.165, 1.54) is 0 Å². The summed E-state index contributed by atoms with van der Waals surface area (Å²) in [6.07, 6.45) is 8.43. The molecule has 0 unspecified atom stereocenters. The van der Waals surface area contributed by atoms with E-state index in [0.717, 1.165) is 33.4 Å². The average Bonchev–Trinajstić information content (AvgIpc) is 2.78. The van der Waals surface area contributed by atoms with Crippen molar-refractivity contribution >= 4 is 39.8 Å². The SMILES string of the molecule is C=CC.CC(C)(O)c1ncc(-c2ccc3ncc(Cl)c(NCc4cc(Cl)ccn4)c3c2)cn1. The van der Waals surface area contributed by atoms with Crippen LogP contribution in [0.5, 0.6) is 0 Å². The van der Waals surface area contributed by atoms with Gasteiger partial charge in [0, 0.05) is 40.8 Å². The quantitative estimate of drug-likeness (QED) is 0.319. The molecule has 1 aromatic carbocycles. The molecule has 0 bridgehead atoms. The first-order valence-corrected chi connectivity index (χ1v) is 11.0. The van der Waals surface area contributed by atoms with Crippen LogP contribution in [0.3, 0.4) is 0 Å². The molecule has 8 heteroatoms. The summed E-state index contributed by atoms with van der Waals surface area (Å²) in [5, 5.41) is 15.4. The molecular weight excluding hydrogens is 457 g/mol. The van der Waals surface area contributed by atoms with Gasteiger partial charge in [-0.3, -0.25) is 9.97 Å². The van der Waals surface area contributed by atoms with E-state index in [9.17, 15) is 5.11 Å². The molecule has 0 aliphatic carbocycles. The van der Waals surface area contributed by atoms with E-state index in [1.807, 2.05) is 25.1 Å². The molecule has 0 atom stereocenters. The first-order chi connectivity index (χ1) is 15.7. The summed E-state index contributed by atoms with van der Waals surface area (Å²) in [5.41, 5.74) is 3.02. The number of rotatable bonds is 5. The Morgan fingerprint density at radius 3 is 2.33 bits per heavy atom. The summed E-state index contributed by atoms with van der Waals surface area (Å²) in [6.45, 7) is 9.02. The van der Waals surface area contributed by atoms with Gasteiger partial charge in [0.25, 0.3) is 0 Å². The zero-order chi connectivity index (χ0) is 24.0. The summed E-state index contributed by atoms with van der Waals surface area (Å²) in [5.74, 6) is 0.369. The van der Waals surface area contributed by atoms with Crippen molar-refractivity contribution in [1.82, 2.24) is 19.9 Å². The Labute approximate surface area is 203 Å². The number of allylic oxidation sites excluding steroid dienone is 1. The maximum atomic E-state index is 10.1. The van der Waals surface area contributed by atoms with Crippen LogP contribution >= 0.6 is 23.2 Å². The van der Waals surface area contributed by atoms with Gasteiger partial charge in [0.1, 0.15) is 5.60 Å². The fourth-order valence-corrected chi connectivity index (χ4v) is 3.44. The first kappa shape index (κ1) is 24.6. The van der Waals surface area contributed by atoms with Crippen LogP contribution in [0.2, 0.25) is 10.0 Å². The van der Waals surface area contributed by atoms with E-state index >= 15 is 0 Å². The molecule has 0 spiro atoms. The van der Waals surface area contributed by atoms with E-state index in [0.29, 0.717) is 22.4 Å². The molecule has 0 fully saturated rings. The minimum atomic E-state index is -1.09. The van der Waals surface area contributed by atoms with Crippen molar-refractivity contribution in [3.8, 4) is 11.1 Å². The van der Waals surface area contributed by atoms with E-state index in [2.05, 4.69) is 31.8 Å². The fourth-order valence-electron chi connectivity index (χ4n) is 3.04. The lowest BCUT2D eigenvalue weighted by atomic mass is 10.0. The Balaban J connectivity index is 0.000000968. The molecular formula is C25H25Cl2N5O. The zero-order valence-electron chi connectivity index (χ0n) is 18.7. The second-order valence-corrected chi connectivity index (χ2v) is 8.64. The number of fused-ring (bicyclic) bond motifs is 1.